The number of carbonyl (C=O) groups is 1. The fraction of sp³-hybridized carbons (Fsp3) is 0.143. The first-order valence-corrected chi connectivity index (χ1v) is 11.6. The minimum absolute atomic E-state index is 0.112. The molecule has 3 aromatic heterocycles. The lowest BCUT2D eigenvalue weighted by Gasteiger charge is -2.19. The standard InChI is InChI=1S/C21H15ClN4O3S2/c22-14-7-5-13(6-8-14)15-11-16(17-3-1-9-28-17)26(25-15)19(27)12-31-21-24-23-20(29-21)18-4-2-10-30-18/h1-10,16H,11-12H2. The van der Waals surface area contributed by atoms with E-state index < -0.39 is 0 Å². The van der Waals surface area contributed by atoms with Crippen molar-refractivity contribution in [3.8, 4) is 10.8 Å². The molecular weight excluding hydrogens is 456 g/mol. The number of halogens is 1. The van der Waals surface area contributed by atoms with Gasteiger partial charge in [0.05, 0.1) is 22.6 Å². The second-order valence-corrected chi connectivity index (χ2v) is 8.98. The predicted octanol–water partition coefficient (Wildman–Crippen LogP) is 5.51. The normalized spacial score (nSPS) is 16.0. The van der Waals surface area contributed by atoms with Crippen molar-refractivity contribution < 1.29 is 13.6 Å². The summed E-state index contributed by atoms with van der Waals surface area (Å²) < 4.78 is 11.2. The van der Waals surface area contributed by atoms with E-state index in [2.05, 4.69) is 15.3 Å². The van der Waals surface area contributed by atoms with E-state index in [4.69, 9.17) is 20.4 Å². The van der Waals surface area contributed by atoms with Gasteiger partial charge in [-0.15, -0.1) is 21.5 Å². The number of thioether (sulfide) groups is 1. The highest BCUT2D eigenvalue weighted by atomic mass is 35.5. The van der Waals surface area contributed by atoms with Gasteiger partial charge in [0.2, 0.25) is 0 Å². The average Bonchev–Trinajstić information content (AvgIpc) is 3.58. The quantitative estimate of drug-likeness (QED) is 0.345. The molecule has 1 atom stereocenters. The van der Waals surface area contributed by atoms with Crippen LogP contribution in [0.2, 0.25) is 5.02 Å². The van der Waals surface area contributed by atoms with Crippen molar-refractivity contribution in [2.45, 2.75) is 17.7 Å². The second kappa shape index (κ2) is 8.70. The predicted molar refractivity (Wildman–Crippen MR) is 119 cm³/mol. The summed E-state index contributed by atoms with van der Waals surface area (Å²) in [6.07, 6.45) is 2.15. The number of hydrogen-bond acceptors (Lipinski definition) is 8. The molecule has 1 aliphatic heterocycles. The highest BCUT2D eigenvalue weighted by Gasteiger charge is 2.35. The SMILES string of the molecule is O=C(CSc1nnc(-c2cccs2)o1)N1N=C(c2ccc(Cl)cc2)CC1c1ccco1. The van der Waals surface area contributed by atoms with Gasteiger partial charge in [-0.1, -0.05) is 41.6 Å². The number of aromatic nitrogens is 2. The lowest BCUT2D eigenvalue weighted by atomic mass is 10.0. The molecule has 1 aliphatic rings. The number of thiophene rings is 1. The molecule has 0 saturated carbocycles. The van der Waals surface area contributed by atoms with E-state index in [9.17, 15) is 4.79 Å². The smallest absolute Gasteiger partial charge is 0.277 e. The summed E-state index contributed by atoms with van der Waals surface area (Å²) in [5, 5.41) is 17.1. The Morgan fingerprint density at radius 2 is 2.06 bits per heavy atom. The van der Waals surface area contributed by atoms with Gasteiger partial charge in [-0.25, -0.2) is 5.01 Å². The van der Waals surface area contributed by atoms with Crippen LogP contribution in [0.1, 0.15) is 23.8 Å². The van der Waals surface area contributed by atoms with Crippen LogP contribution in [0.4, 0.5) is 0 Å². The summed E-state index contributed by atoms with van der Waals surface area (Å²) in [6, 6.07) is 14.6. The van der Waals surface area contributed by atoms with Crippen molar-refractivity contribution in [1.29, 1.82) is 0 Å². The van der Waals surface area contributed by atoms with Gasteiger partial charge in [-0.05, 0) is 41.3 Å². The Hall–Kier alpha value is -2.88. The first-order chi connectivity index (χ1) is 15.2. The highest BCUT2D eigenvalue weighted by Crippen LogP contribution is 2.34. The van der Waals surface area contributed by atoms with Crippen LogP contribution in [0.5, 0.6) is 0 Å². The molecule has 0 N–H and O–H groups in total. The molecule has 0 spiro atoms. The monoisotopic (exact) mass is 470 g/mol. The van der Waals surface area contributed by atoms with E-state index in [1.54, 1.807) is 12.3 Å². The van der Waals surface area contributed by atoms with Crippen molar-refractivity contribution >= 4 is 46.3 Å². The van der Waals surface area contributed by atoms with Crippen LogP contribution in [0.25, 0.3) is 10.8 Å². The van der Waals surface area contributed by atoms with Crippen molar-refractivity contribution in [2.75, 3.05) is 5.75 Å². The van der Waals surface area contributed by atoms with Crippen LogP contribution in [-0.4, -0.2) is 32.6 Å². The van der Waals surface area contributed by atoms with Gasteiger partial charge in [0.1, 0.15) is 11.8 Å². The first-order valence-electron chi connectivity index (χ1n) is 9.36. The van der Waals surface area contributed by atoms with Crippen LogP contribution in [0.3, 0.4) is 0 Å². The van der Waals surface area contributed by atoms with Gasteiger partial charge < -0.3 is 8.83 Å². The van der Waals surface area contributed by atoms with Crippen LogP contribution < -0.4 is 0 Å². The van der Waals surface area contributed by atoms with Gasteiger partial charge in [0.25, 0.3) is 17.0 Å². The molecule has 0 aliphatic carbocycles. The van der Waals surface area contributed by atoms with Gasteiger partial charge in [0.15, 0.2) is 0 Å². The fourth-order valence-electron chi connectivity index (χ4n) is 3.22. The van der Waals surface area contributed by atoms with Crippen LogP contribution in [-0.2, 0) is 4.79 Å². The zero-order chi connectivity index (χ0) is 21.2. The molecule has 4 aromatic rings. The zero-order valence-corrected chi connectivity index (χ0v) is 18.4. The third kappa shape index (κ3) is 4.30. The number of amides is 1. The van der Waals surface area contributed by atoms with Crippen molar-refractivity contribution in [2.24, 2.45) is 5.10 Å². The molecular formula is C21H15ClN4O3S2. The summed E-state index contributed by atoms with van der Waals surface area (Å²) >= 11 is 8.70. The molecule has 7 nitrogen and oxygen atoms in total. The molecule has 4 heterocycles. The number of furan rings is 1. The van der Waals surface area contributed by atoms with E-state index in [0.717, 1.165) is 16.2 Å². The molecule has 0 fully saturated rings. The first kappa shape index (κ1) is 20.0. The van der Waals surface area contributed by atoms with E-state index in [1.807, 2.05) is 47.8 Å². The van der Waals surface area contributed by atoms with Crippen LogP contribution in [0, 0.1) is 0 Å². The van der Waals surface area contributed by atoms with Crippen LogP contribution >= 0.6 is 34.7 Å². The zero-order valence-electron chi connectivity index (χ0n) is 16.0. The summed E-state index contributed by atoms with van der Waals surface area (Å²) in [6.45, 7) is 0. The maximum absolute atomic E-state index is 13.0. The largest absolute Gasteiger partial charge is 0.467 e. The van der Waals surface area contributed by atoms with E-state index in [1.165, 1.54) is 28.1 Å². The number of hydrazone groups is 1. The maximum Gasteiger partial charge on any atom is 0.277 e. The Morgan fingerprint density at radius 1 is 1.19 bits per heavy atom. The highest BCUT2D eigenvalue weighted by molar-refractivity contribution is 7.99. The number of rotatable bonds is 6. The Labute approximate surface area is 190 Å². The van der Waals surface area contributed by atoms with Gasteiger partial charge in [-0.2, -0.15) is 5.10 Å². The molecule has 0 bridgehead atoms. The topological polar surface area (TPSA) is 84.7 Å². The van der Waals surface area contributed by atoms with Gasteiger partial charge in [-0.3, -0.25) is 4.79 Å². The lowest BCUT2D eigenvalue weighted by Crippen LogP contribution is -2.28. The molecule has 5 rings (SSSR count). The van der Waals surface area contributed by atoms with E-state index in [0.29, 0.717) is 28.3 Å². The Balaban J connectivity index is 1.33. The van der Waals surface area contributed by atoms with Crippen molar-refractivity contribution in [3.05, 3.63) is 76.5 Å². The van der Waals surface area contributed by atoms with Crippen LogP contribution in [0.15, 0.2) is 79.3 Å². The lowest BCUT2D eigenvalue weighted by molar-refractivity contribution is -0.130. The Bertz CT molecular complexity index is 1200. The van der Waals surface area contributed by atoms with Gasteiger partial charge >= 0.3 is 0 Å². The molecule has 0 saturated heterocycles. The molecule has 1 unspecified atom stereocenters. The van der Waals surface area contributed by atoms with Crippen molar-refractivity contribution in [1.82, 2.24) is 15.2 Å². The number of nitrogens with zero attached hydrogens (tertiary/aromatic N) is 4. The summed E-state index contributed by atoms with van der Waals surface area (Å²) in [5.41, 5.74) is 1.72. The molecule has 156 valence electrons. The van der Waals surface area contributed by atoms with E-state index in [-0.39, 0.29) is 17.7 Å². The summed E-state index contributed by atoms with van der Waals surface area (Å²) in [7, 11) is 0. The Morgan fingerprint density at radius 3 is 2.81 bits per heavy atom. The molecule has 31 heavy (non-hydrogen) atoms. The molecule has 0 radical (unpaired) electrons. The summed E-state index contributed by atoms with van der Waals surface area (Å²) in [5.74, 6) is 1.07. The maximum atomic E-state index is 13.0. The molecule has 10 heteroatoms. The third-order valence-electron chi connectivity index (χ3n) is 4.67. The van der Waals surface area contributed by atoms with Crippen molar-refractivity contribution in [3.63, 3.8) is 0 Å². The fourth-order valence-corrected chi connectivity index (χ4v) is 4.60. The number of carbonyl (C=O) groups excluding carboxylic acids is 1. The Kier molecular flexibility index (Phi) is 5.63. The minimum Gasteiger partial charge on any atom is -0.467 e. The number of benzene rings is 1. The summed E-state index contributed by atoms with van der Waals surface area (Å²) in [4.78, 5) is 13.9. The average molecular weight is 471 g/mol. The minimum atomic E-state index is -0.307. The second-order valence-electron chi connectivity index (χ2n) is 6.67. The third-order valence-corrected chi connectivity index (χ3v) is 6.59. The molecule has 1 aromatic carbocycles. The molecule has 1 amide bonds. The van der Waals surface area contributed by atoms with E-state index >= 15 is 0 Å². The van der Waals surface area contributed by atoms with Gasteiger partial charge in [0, 0.05) is 11.4 Å². The number of hydrogen-bond donors (Lipinski definition) is 0.